The molecule has 20 heavy (non-hydrogen) atoms. The molecule has 4 heteroatoms. The van der Waals surface area contributed by atoms with Gasteiger partial charge < -0.3 is 10.6 Å². The smallest absolute Gasteiger partial charge is 0.216 e. The van der Waals surface area contributed by atoms with Gasteiger partial charge in [-0.05, 0) is 50.9 Å². The molecule has 110 valence electrons. The van der Waals surface area contributed by atoms with Crippen molar-refractivity contribution in [2.24, 2.45) is 0 Å². The van der Waals surface area contributed by atoms with E-state index in [9.17, 15) is 9.59 Å². The second-order valence-corrected chi connectivity index (χ2v) is 5.18. The van der Waals surface area contributed by atoms with Gasteiger partial charge in [0.1, 0.15) is 0 Å². The highest BCUT2D eigenvalue weighted by Crippen LogP contribution is 2.11. The zero-order valence-corrected chi connectivity index (χ0v) is 12.7. The summed E-state index contributed by atoms with van der Waals surface area (Å²) in [6.45, 7) is 8.76. The number of benzene rings is 1. The van der Waals surface area contributed by atoms with Gasteiger partial charge in [0, 0.05) is 19.0 Å². The molecule has 0 aromatic heterocycles. The number of ketones is 1. The van der Waals surface area contributed by atoms with Crippen LogP contribution in [0.1, 0.15) is 41.8 Å². The molecule has 1 amide bonds. The summed E-state index contributed by atoms with van der Waals surface area (Å²) >= 11 is 0. The third-order valence-electron chi connectivity index (χ3n) is 3.36. The van der Waals surface area contributed by atoms with E-state index in [1.165, 1.54) is 12.5 Å². The quantitative estimate of drug-likeness (QED) is 0.591. The Kier molecular flexibility index (Phi) is 6.39. The van der Waals surface area contributed by atoms with Crippen LogP contribution in [0.5, 0.6) is 0 Å². The van der Waals surface area contributed by atoms with E-state index in [2.05, 4.69) is 10.6 Å². The maximum atomic E-state index is 12.2. The third-order valence-corrected chi connectivity index (χ3v) is 3.36. The van der Waals surface area contributed by atoms with Crippen molar-refractivity contribution in [2.75, 3.05) is 13.1 Å². The number of amides is 1. The fourth-order valence-electron chi connectivity index (χ4n) is 1.91. The molecule has 0 bridgehead atoms. The normalized spacial score (nSPS) is 12.0. The summed E-state index contributed by atoms with van der Waals surface area (Å²) in [6, 6.07) is 5.58. The minimum Gasteiger partial charge on any atom is -0.356 e. The van der Waals surface area contributed by atoms with E-state index < -0.39 is 0 Å². The largest absolute Gasteiger partial charge is 0.356 e. The first-order chi connectivity index (χ1) is 9.41. The highest BCUT2D eigenvalue weighted by Gasteiger charge is 2.14. The molecular formula is C16H24N2O2. The summed E-state index contributed by atoms with van der Waals surface area (Å²) in [4.78, 5) is 23.0. The Morgan fingerprint density at radius 1 is 1.15 bits per heavy atom. The monoisotopic (exact) mass is 276 g/mol. The number of rotatable bonds is 7. The van der Waals surface area contributed by atoms with Gasteiger partial charge >= 0.3 is 0 Å². The van der Waals surface area contributed by atoms with Crippen molar-refractivity contribution in [2.45, 2.75) is 40.2 Å². The standard InChI is InChI=1S/C16H24N2O2/c1-11-6-7-15(10-12(11)2)16(20)13(3)17-8-5-9-18-14(4)19/h6-7,10,13,17H,5,8-9H2,1-4H3,(H,18,19). The van der Waals surface area contributed by atoms with Crippen LogP contribution in [0.3, 0.4) is 0 Å². The SMILES string of the molecule is CC(=O)NCCCNC(C)C(=O)c1ccc(C)c(C)c1. The predicted molar refractivity (Wildman–Crippen MR) is 81.0 cm³/mol. The van der Waals surface area contributed by atoms with Gasteiger partial charge in [0.2, 0.25) is 5.91 Å². The zero-order chi connectivity index (χ0) is 15.1. The second kappa shape index (κ2) is 7.80. The van der Waals surface area contributed by atoms with Gasteiger partial charge in [0.15, 0.2) is 5.78 Å². The van der Waals surface area contributed by atoms with Crippen LogP contribution in [0, 0.1) is 13.8 Å². The van der Waals surface area contributed by atoms with Gasteiger partial charge in [0.05, 0.1) is 6.04 Å². The minimum atomic E-state index is -0.213. The molecule has 1 aromatic carbocycles. The van der Waals surface area contributed by atoms with E-state index in [1.807, 2.05) is 39.0 Å². The number of carbonyl (C=O) groups is 2. The Bertz CT molecular complexity index is 483. The molecule has 1 unspecified atom stereocenters. The number of hydrogen-bond donors (Lipinski definition) is 2. The van der Waals surface area contributed by atoms with Crippen LogP contribution in [0.2, 0.25) is 0 Å². The molecule has 0 aliphatic rings. The van der Waals surface area contributed by atoms with Gasteiger partial charge in [0.25, 0.3) is 0 Å². The summed E-state index contributed by atoms with van der Waals surface area (Å²) in [5.74, 6) is 0.0804. The van der Waals surface area contributed by atoms with Crippen molar-refractivity contribution in [1.29, 1.82) is 0 Å². The van der Waals surface area contributed by atoms with Crippen LogP contribution in [0.15, 0.2) is 18.2 Å². The van der Waals surface area contributed by atoms with Gasteiger partial charge in [-0.15, -0.1) is 0 Å². The van der Waals surface area contributed by atoms with E-state index in [0.717, 1.165) is 17.5 Å². The first kappa shape index (κ1) is 16.4. The van der Waals surface area contributed by atoms with Crippen molar-refractivity contribution >= 4 is 11.7 Å². The predicted octanol–water partition coefficient (Wildman–Crippen LogP) is 1.99. The lowest BCUT2D eigenvalue weighted by atomic mass is 10.0. The second-order valence-electron chi connectivity index (χ2n) is 5.18. The maximum Gasteiger partial charge on any atom is 0.216 e. The highest BCUT2D eigenvalue weighted by molar-refractivity contribution is 6.00. The van der Waals surface area contributed by atoms with Gasteiger partial charge in [-0.3, -0.25) is 9.59 Å². The average Bonchev–Trinajstić information content (AvgIpc) is 2.40. The van der Waals surface area contributed by atoms with Gasteiger partial charge in [-0.25, -0.2) is 0 Å². The highest BCUT2D eigenvalue weighted by atomic mass is 16.1. The molecule has 1 rings (SSSR count). The Morgan fingerprint density at radius 3 is 2.45 bits per heavy atom. The molecule has 0 spiro atoms. The van der Waals surface area contributed by atoms with Gasteiger partial charge in [-0.1, -0.05) is 12.1 Å². The number of hydrogen-bond acceptors (Lipinski definition) is 3. The van der Waals surface area contributed by atoms with Crippen molar-refractivity contribution in [1.82, 2.24) is 10.6 Å². The molecule has 1 atom stereocenters. The summed E-state index contributed by atoms with van der Waals surface area (Å²) in [7, 11) is 0. The lowest BCUT2D eigenvalue weighted by Crippen LogP contribution is -2.36. The van der Waals surface area contributed by atoms with Crippen LogP contribution in [-0.2, 0) is 4.79 Å². The van der Waals surface area contributed by atoms with Crippen molar-refractivity contribution in [3.8, 4) is 0 Å². The number of nitrogens with one attached hydrogen (secondary N) is 2. The Labute approximate surface area is 121 Å². The lowest BCUT2D eigenvalue weighted by molar-refractivity contribution is -0.118. The van der Waals surface area contributed by atoms with Crippen LogP contribution in [0.25, 0.3) is 0 Å². The molecule has 1 aromatic rings. The molecule has 0 aliphatic heterocycles. The molecule has 0 heterocycles. The number of carbonyl (C=O) groups excluding carboxylic acids is 2. The molecule has 2 N–H and O–H groups in total. The van der Waals surface area contributed by atoms with E-state index in [1.54, 1.807) is 0 Å². The summed E-state index contributed by atoms with van der Waals surface area (Å²) in [5.41, 5.74) is 3.07. The molecule has 4 nitrogen and oxygen atoms in total. The van der Waals surface area contributed by atoms with Crippen LogP contribution < -0.4 is 10.6 Å². The van der Waals surface area contributed by atoms with E-state index in [4.69, 9.17) is 0 Å². The zero-order valence-electron chi connectivity index (χ0n) is 12.7. The molecule has 0 saturated carbocycles. The molecule has 0 fully saturated rings. The molecule has 0 aliphatic carbocycles. The summed E-state index contributed by atoms with van der Waals surface area (Å²) in [6.07, 6.45) is 0.810. The number of aryl methyl sites for hydroxylation is 2. The topological polar surface area (TPSA) is 58.2 Å². The maximum absolute atomic E-state index is 12.2. The van der Waals surface area contributed by atoms with Crippen LogP contribution in [0.4, 0.5) is 0 Å². The van der Waals surface area contributed by atoms with E-state index >= 15 is 0 Å². The lowest BCUT2D eigenvalue weighted by Gasteiger charge is -2.13. The molecule has 0 radical (unpaired) electrons. The average molecular weight is 276 g/mol. The minimum absolute atomic E-state index is 0.0238. The Balaban J connectivity index is 2.42. The fourth-order valence-corrected chi connectivity index (χ4v) is 1.91. The molecule has 0 saturated heterocycles. The van der Waals surface area contributed by atoms with Crippen molar-refractivity contribution in [3.05, 3.63) is 34.9 Å². The number of Topliss-reactive ketones (excluding diaryl/α,β-unsaturated/α-hetero) is 1. The summed E-state index contributed by atoms with van der Waals surface area (Å²) in [5, 5.41) is 5.92. The fraction of sp³-hybridized carbons (Fsp3) is 0.500. The van der Waals surface area contributed by atoms with Crippen LogP contribution in [-0.4, -0.2) is 30.8 Å². The first-order valence-electron chi connectivity index (χ1n) is 7.01. The Hall–Kier alpha value is -1.68. The van der Waals surface area contributed by atoms with Crippen molar-refractivity contribution in [3.63, 3.8) is 0 Å². The van der Waals surface area contributed by atoms with Gasteiger partial charge in [-0.2, -0.15) is 0 Å². The van der Waals surface area contributed by atoms with E-state index in [0.29, 0.717) is 13.1 Å². The Morgan fingerprint density at radius 2 is 1.85 bits per heavy atom. The third kappa shape index (κ3) is 5.13. The summed E-state index contributed by atoms with van der Waals surface area (Å²) < 4.78 is 0. The van der Waals surface area contributed by atoms with E-state index in [-0.39, 0.29) is 17.7 Å². The molecular weight excluding hydrogens is 252 g/mol. The van der Waals surface area contributed by atoms with Crippen molar-refractivity contribution < 1.29 is 9.59 Å². The van der Waals surface area contributed by atoms with Crippen LogP contribution >= 0.6 is 0 Å². The first-order valence-corrected chi connectivity index (χ1v) is 7.01.